The molecule has 1 atom stereocenters. The van der Waals surface area contributed by atoms with Crippen molar-refractivity contribution in [3.63, 3.8) is 0 Å². The van der Waals surface area contributed by atoms with E-state index in [2.05, 4.69) is 16.8 Å². The summed E-state index contributed by atoms with van der Waals surface area (Å²) in [5.41, 5.74) is 3.99. The highest BCUT2D eigenvalue weighted by molar-refractivity contribution is 7.92. The molecule has 188 valence electrons. The van der Waals surface area contributed by atoms with E-state index in [0.29, 0.717) is 16.5 Å². The number of benzene rings is 2. The number of hydroxylamine groups is 1. The van der Waals surface area contributed by atoms with Gasteiger partial charge in [-0.1, -0.05) is 24.0 Å². The van der Waals surface area contributed by atoms with Crippen LogP contribution in [0.25, 0.3) is 10.9 Å². The van der Waals surface area contributed by atoms with Gasteiger partial charge in [-0.05, 0) is 62.1 Å². The maximum atomic E-state index is 12.9. The quantitative estimate of drug-likeness (QED) is 0.249. The van der Waals surface area contributed by atoms with Gasteiger partial charge in [0.1, 0.15) is 0 Å². The summed E-state index contributed by atoms with van der Waals surface area (Å²) < 4.78 is 23.6. The number of aryl methyl sites for hydroxylation is 1. The molecule has 0 saturated heterocycles. The summed E-state index contributed by atoms with van der Waals surface area (Å²) >= 11 is 0. The molecule has 1 aliphatic carbocycles. The Labute approximate surface area is 208 Å². The Balaban J connectivity index is 1.54. The fourth-order valence-electron chi connectivity index (χ4n) is 4.06. The number of nitrogens with zero attached hydrogens (tertiary/aromatic N) is 2. The van der Waals surface area contributed by atoms with E-state index in [1.165, 1.54) is 23.3 Å². The first-order chi connectivity index (χ1) is 17.0. The van der Waals surface area contributed by atoms with Gasteiger partial charge in [0, 0.05) is 29.3 Å². The molecule has 1 amide bonds. The van der Waals surface area contributed by atoms with Crippen LogP contribution in [0.15, 0.2) is 53.6 Å². The number of hydrogen-bond donors (Lipinski definition) is 3. The Morgan fingerprint density at radius 2 is 1.81 bits per heavy atom. The average molecular weight is 510 g/mol. The normalized spacial score (nSPS) is 16.0. The molecular formula is C26H27N3O6S. The van der Waals surface area contributed by atoms with Crippen molar-refractivity contribution in [1.29, 1.82) is 0 Å². The number of aliphatic hydroxyl groups excluding tert-OH is 1. The van der Waals surface area contributed by atoms with Crippen molar-refractivity contribution in [2.24, 2.45) is 0 Å². The fraction of sp³-hybridized carbons (Fsp3) is 0.346. The lowest BCUT2D eigenvalue weighted by Gasteiger charge is -2.25. The molecule has 0 radical (unpaired) electrons. The zero-order valence-corrected chi connectivity index (χ0v) is 20.8. The Hall–Kier alpha value is -3.52. The fourth-order valence-corrected chi connectivity index (χ4v) is 4.90. The second kappa shape index (κ2) is 9.50. The van der Waals surface area contributed by atoms with Crippen molar-refractivity contribution in [1.82, 2.24) is 15.0 Å². The molecule has 0 spiro atoms. The summed E-state index contributed by atoms with van der Waals surface area (Å²) in [6.45, 7) is 1.26. The molecule has 1 unspecified atom stereocenters. The second-order valence-electron chi connectivity index (χ2n) is 9.43. The van der Waals surface area contributed by atoms with Gasteiger partial charge in [-0.15, -0.1) is 0 Å². The molecule has 0 aliphatic heterocycles. The van der Waals surface area contributed by atoms with Crippen molar-refractivity contribution in [3.05, 3.63) is 75.8 Å². The molecule has 9 nitrogen and oxygen atoms in total. The van der Waals surface area contributed by atoms with Crippen LogP contribution in [0.2, 0.25) is 0 Å². The van der Waals surface area contributed by atoms with Gasteiger partial charge in [0.2, 0.25) is 0 Å². The Morgan fingerprint density at radius 1 is 1.17 bits per heavy atom. The molecule has 3 N–H and O–H groups in total. The smallest absolute Gasteiger partial charge is 0.264 e. The number of carbonyl (C=O) groups is 1. The third-order valence-electron chi connectivity index (χ3n) is 7.06. The van der Waals surface area contributed by atoms with E-state index >= 15 is 0 Å². The van der Waals surface area contributed by atoms with Crippen molar-refractivity contribution in [3.8, 4) is 11.8 Å². The van der Waals surface area contributed by atoms with Crippen LogP contribution in [-0.2, 0) is 26.6 Å². The van der Waals surface area contributed by atoms with Crippen molar-refractivity contribution >= 4 is 26.6 Å². The molecule has 10 heteroatoms. The predicted molar refractivity (Wildman–Crippen MR) is 134 cm³/mol. The maximum absolute atomic E-state index is 12.9. The predicted octanol–water partition coefficient (Wildman–Crippen LogP) is 1.52. The molecule has 36 heavy (non-hydrogen) atoms. The Bertz CT molecular complexity index is 1550. The van der Waals surface area contributed by atoms with Crippen LogP contribution < -0.4 is 11.0 Å². The first kappa shape index (κ1) is 25.6. The topological polar surface area (TPSA) is 139 Å². The van der Waals surface area contributed by atoms with Gasteiger partial charge in [-0.2, -0.15) is 0 Å². The van der Waals surface area contributed by atoms with Crippen LogP contribution in [0.5, 0.6) is 0 Å². The van der Waals surface area contributed by atoms with E-state index in [4.69, 9.17) is 5.21 Å². The summed E-state index contributed by atoms with van der Waals surface area (Å²) in [5, 5.41) is 18.9. The van der Waals surface area contributed by atoms with Crippen molar-refractivity contribution in [2.45, 2.75) is 42.9 Å². The molecule has 1 fully saturated rings. The van der Waals surface area contributed by atoms with Crippen LogP contribution >= 0.6 is 0 Å². The van der Waals surface area contributed by atoms with Crippen LogP contribution in [-0.4, -0.2) is 51.8 Å². The number of sulfone groups is 1. The van der Waals surface area contributed by atoms with Gasteiger partial charge >= 0.3 is 0 Å². The third-order valence-corrected chi connectivity index (χ3v) is 9.09. The van der Waals surface area contributed by atoms with E-state index in [1.807, 2.05) is 24.3 Å². The summed E-state index contributed by atoms with van der Waals surface area (Å²) in [5.74, 6) is 5.10. The summed E-state index contributed by atoms with van der Waals surface area (Å²) in [7, 11) is -3.88. The second-order valence-corrected chi connectivity index (χ2v) is 11.9. The minimum Gasteiger partial charge on any atom is -0.395 e. The monoisotopic (exact) mass is 509 g/mol. The Kier molecular flexibility index (Phi) is 6.75. The number of fused-ring (bicyclic) bond motifs is 1. The minimum atomic E-state index is -3.88. The SMILES string of the molecule is CC(CCn1cnc2cc(C#Cc3ccc(C4(CO)CC4)cc3)ccc2c1=O)(C(=O)NO)S(C)(=O)=O. The lowest BCUT2D eigenvalue weighted by atomic mass is 9.96. The summed E-state index contributed by atoms with van der Waals surface area (Å²) in [4.78, 5) is 29.3. The number of aliphatic hydroxyl groups is 1. The number of rotatable bonds is 7. The molecule has 0 bridgehead atoms. The third kappa shape index (κ3) is 4.78. The van der Waals surface area contributed by atoms with Gasteiger partial charge < -0.3 is 5.11 Å². The number of hydrogen-bond acceptors (Lipinski definition) is 7. The van der Waals surface area contributed by atoms with Gasteiger partial charge in [-0.25, -0.2) is 18.9 Å². The van der Waals surface area contributed by atoms with E-state index in [-0.39, 0.29) is 30.5 Å². The Morgan fingerprint density at radius 3 is 2.39 bits per heavy atom. The van der Waals surface area contributed by atoms with Crippen molar-refractivity contribution < 1.29 is 23.5 Å². The molecule has 2 aromatic carbocycles. The van der Waals surface area contributed by atoms with Crippen LogP contribution in [0.4, 0.5) is 0 Å². The van der Waals surface area contributed by atoms with E-state index < -0.39 is 20.5 Å². The highest BCUT2D eigenvalue weighted by Crippen LogP contribution is 2.47. The molecule has 1 heterocycles. The largest absolute Gasteiger partial charge is 0.395 e. The number of aromatic nitrogens is 2. The molecule has 1 aliphatic rings. The van der Waals surface area contributed by atoms with Gasteiger partial charge in [-0.3, -0.25) is 19.4 Å². The zero-order chi connectivity index (χ0) is 26.1. The number of amides is 1. The lowest BCUT2D eigenvalue weighted by molar-refractivity contribution is -0.131. The molecule has 4 rings (SSSR count). The van der Waals surface area contributed by atoms with Crippen LogP contribution in [0.3, 0.4) is 0 Å². The molecule has 1 saturated carbocycles. The maximum Gasteiger partial charge on any atom is 0.264 e. The van der Waals surface area contributed by atoms with Gasteiger partial charge in [0.05, 0.1) is 23.8 Å². The van der Waals surface area contributed by atoms with E-state index in [9.17, 15) is 23.1 Å². The first-order valence-electron chi connectivity index (χ1n) is 11.4. The first-order valence-corrected chi connectivity index (χ1v) is 13.3. The average Bonchev–Trinajstić information content (AvgIpc) is 3.67. The highest BCUT2D eigenvalue weighted by Gasteiger charge is 2.44. The summed E-state index contributed by atoms with van der Waals surface area (Å²) in [6.07, 6.45) is 3.96. The molecule has 3 aromatic rings. The van der Waals surface area contributed by atoms with E-state index in [0.717, 1.165) is 30.2 Å². The van der Waals surface area contributed by atoms with Crippen LogP contribution in [0.1, 0.15) is 42.9 Å². The molecular weight excluding hydrogens is 482 g/mol. The van der Waals surface area contributed by atoms with Gasteiger partial charge in [0.25, 0.3) is 11.5 Å². The highest BCUT2D eigenvalue weighted by atomic mass is 32.2. The number of nitrogens with one attached hydrogen (secondary N) is 1. The minimum absolute atomic E-state index is 0.0858. The number of carbonyl (C=O) groups excluding carboxylic acids is 1. The zero-order valence-electron chi connectivity index (χ0n) is 20.0. The standard InChI is InChI=1S/C26H27N3O6S/c1-25(24(32)28-33,36(2,34)35)13-14-29-17-27-22-15-19(7-10-21(22)23(29)31)4-3-18-5-8-20(9-6-18)26(16-30)11-12-26/h5-10,15,17,30,33H,11-14,16H2,1-2H3,(H,28,32). The summed E-state index contributed by atoms with van der Waals surface area (Å²) in [6, 6.07) is 12.9. The molecule has 1 aromatic heterocycles. The van der Waals surface area contributed by atoms with E-state index in [1.54, 1.807) is 18.2 Å². The van der Waals surface area contributed by atoms with Crippen LogP contribution in [0, 0.1) is 11.8 Å². The van der Waals surface area contributed by atoms with Crippen molar-refractivity contribution in [2.75, 3.05) is 12.9 Å². The lowest BCUT2D eigenvalue weighted by Crippen LogP contribution is -2.50. The van der Waals surface area contributed by atoms with Gasteiger partial charge in [0.15, 0.2) is 14.6 Å².